The highest BCUT2D eigenvalue weighted by Gasteiger charge is 2.38. The fraction of sp³-hybridized carbons (Fsp3) is 1.00. The number of hydrogen-bond donors (Lipinski definition) is 1. The Hall–Kier alpha value is -0.130. The van der Waals surface area contributed by atoms with E-state index in [1.165, 1.54) is 6.26 Å². The van der Waals surface area contributed by atoms with Gasteiger partial charge in [0.25, 0.3) is 0 Å². The Kier molecular flexibility index (Phi) is 6.05. The lowest BCUT2D eigenvalue weighted by Gasteiger charge is -2.44. The lowest BCUT2D eigenvalue weighted by Crippen LogP contribution is -2.48. The Balaban J connectivity index is 2.67. The molecule has 1 fully saturated rings. The van der Waals surface area contributed by atoms with Gasteiger partial charge in [-0.3, -0.25) is 4.90 Å². The van der Waals surface area contributed by atoms with Crippen molar-refractivity contribution in [1.29, 1.82) is 0 Å². The van der Waals surface area contributed by atoms with Crippen molar-refractivity contribution in [3.63, 3.8) is 0 Å². The van der Waals surface area contributed by atoms with Gasteiger partial charge in [-0.05, 0) is 37.6 Å². The van der Waals surface area contributed by atoms with Crippen molar-refractivity contribution in [2.45, 2.75) is 58.6 Å². The molecule has 0 spiro atoms. The van der Waals surface area contributed by atoms with Crippen LogP contribution in [0.3, 0.4) is 0 Å². The van der Waals surface area contributed by atoms with E-state index in [1.807, 2.05) is 11.9 Å². The third kappa shape index (κ3) is 5.01. The largest absolute Gasteiger partial charge is 0.391 e. The van der Waals surface area contributed by atoms with Gasteiger partial charge >= 0.3 is 0 Å². The van der Waals surface area contributed by atoms with Crippen molar-refractivity contribution < 1.29 is 13.5 Å². The molecule has 4 nitrogen and oxygen atoms in total. The minimum atomic E-state index is -2.95. The van der Waals surface area contributed by atoms with Crippen molar-refractivity contribution >= 4 is 9.84 Å². The van der Waals surface area contributed by atoms with Gasteiger partial charge in [0, 0.05) is 18.8 Å². The summed E-state index contributed by atoms with van der Waals surface area (Å²) in [6.07, 6.45) is 4.92. The summed E-state index contributed by atoms with van der Waals surface area (Å²) >= 11 is 0. The molecular formula is C15H31NO3S. The molecule has 1 aliphatic rings. The highest BCUT2D eigenvalue weighted by molar-refractivity contribution is 7.90. The van der Waals surface area contributed by atoms with Crippen LogP contribution < -0.4 is 0 Å². The second kappa shape index (κ2) is 6.75. The molecule has 1 rings (SSSR count). The topological polar surface area (TPSA) is 57.6 Å². The lowest BCUT2D eigenvalue weighted by molar-refractivity contribution is -0.00991. The quantitative estimate of drug-likeness (QED) is 0.814. The Labute approximate surface area is 124 Å². The molecule has 1 N–H and O–H groups in total. The molecule has 3 unspecified atom stereocenters. The van der Waals surface area contributed by atoms with E-state index in [0.29, 0.717) is 12.5 Å². The fourth-order valence-electron chi connectivity index (χ4n) is 3.08. The molecule has 0 heterocycles. The second-order valence-corrected chi connectivity index (χ2v) is 9.36. The minimum Gasteiger partial charge on any atom is -0.391 e. The first-order valence-corrected chi connectivity index (χ1v) is 9.69. The van der Waals surface area contributed by atoms with Crippen LogP contribution in [0.2, 0.25) is 0 Å². The zero-order valence-corrected chi connectivity index (χ0v) is 14.4. The standard InChI is InChI=1S/C15H31NO3S/c1-6-15(2,3)12-7-8-14(17)13(11-12)16(4)9-10-20(5,18)19/h12-14,17H,6-11H2,1-5H3. The number of rotatable bonds is 6. The van der Waals surface area contributed by atoms with E-state index in [-0.39, 0.29) is 23.3 Å². The molecule has 0 bridgehead atoms. The van der Waals surface area contributed by atoms with Crippen LogP contribution in [0, 0.1) is 11.3 Å². The maximum atomic E-state index is 11.3. The van der Waals surface area contributed by atoms with E-state index in [1.54, 1.807) is 0 Å². The molecule has 20 heavy (non-hydrogen) atoms. The van der Waals surface area contributed by atoms with Crippen molar-refractivity contribution in [2.75, 3.05) is 25.6 Å². The molecule has 0 aromatic heterocycles. The Morgan fingerprint density at radius 3 is 2.40 bits per heavy atom. The van der Waals surface area contributed by atoms with Gasteiger partial charge in [0.05, 0.1) is 11.9 Å². The Morgan fingerprint density at radius 1 is 1.30 bits per heavy atom. The summed E-state index contributed by atoms with van der Waals surface area (Å²) in [6, 6.07) is 0.0846. The van der Waals surface area contributed by atoms with Gasteiger partial charge < -0.3 is 5.11 Å². The molecule has 0 radical (unpaired) electrons. The van der Waals surface area contributed by atoms with Crippen LogP contribution in [0.5, 0.6) is 0 Å². The Bertz CT molecular complexity index is 405. The number of nitrogens with zero attached hydrogens (tertiary/aromatic N) is 1. The predicted molar refractivity (Wildman–Crippen MR) is 83.5 cm³/mol. The first kappa shape index (κ1) is 17.9. The number of sulfone groups is 1. The van der Waals surface area contributed by atoms with E-state index in [0.717, 1.165) is 25.7 Å². The molecule has 3 atom stereocenters. The van der Waals surface area contributed by atoms with Gasteiger partial charge in [0.15, 0.2) is 0 Å². The summed E-state index contributed by atoms with van der Waals surface area (Å²) in [4.78, 5) is 2.03. The number of hydrogen-bond acceptors (Lipinski definition) is 4. The monoisotopic (exact) mass is 305 g/mol. The van der Waals surface area contributed by atoms with Gasteiger partial charge in [-0.15, -0.1) is 0 Å². The summed E-state index contributed by atoms with van der Waals surface area (Å²) < 4.78 is 22.6. The highest BCUT2D eigenvalue weighted by Crippen LogP contribution is 2.41. The van der Waals surface area contributed by atoms with Crippen molar-refractivity contribution in [2.24, 2.45) is 11.3 Å². The summed E-state index contributed by atoms with van der Waals surface area (Å²) in [5, 5.41) is 10.2. The summed E-state index contributed by atoms with van der Waals surface area (Å²) in [5.41, 5.74) is 0.288. The molecule has 5 heteroatoms. The van der Waals surface area contributed by atoms with Crippen LogP contribution in [-0.2, 0) is 9.84 Å². The number of aliphatic hydroxyl groups excluding tert-OH is 1. The lowest BCUT2D eigenvalue weighted by atomic mass is 9.67. The molecule has 0 aromatic rings. The summed E-state index contributed by atoms with van der Waals surface area (Å²) in [7, 11) is -1.01. The smallest absolute Gasteiger partial charge is 0.148 e. The van der Waals surface area contributed by atoms with Gasteiger partial charge in [0.2, 0.25) is 0 Å². The summed E-state index contributed by atoms with van der Waals surface area (Å²) in [6.45, 7) is 7.30. The number of aliphatic hydroxyl groups is 1. The predicted octanol–water partition coefficient (Wildman–Crippen LogP) is 1.93. The van der Waals surface area contributed by atoms with E-state index >= 15 is 0 Å². The molecule has 0 saturated heterocycles. The zero-order valence-electron chi connectivity index (χ0n) is 13.6. The van der Waals surface area contributed by atoms with E-state index < -0.39 is 9.84 Å². The van der Waals surface area contributed by atoms with Crippen molar-refractivity contribution in [3.8, 4) is 0 Å². The minimum absolute atomic E-state index is 0.0846. The van der Waals surface area contributed by atoms with Crippen LogP contribution in [0.1, 0.15) is 46.5 Å². The summed E-state index contributed by atoms with van der Waals surface area (Å²) in [5.74, 6) is 0.760. The average molecular weight is 305 g/mol. The molecule has 0 amide bonds. The van der Waals surface area contributed by atoms with Crippen LogP contribution in [0.4, 0.5) is 0 Å². The van der Waals surface area contributed by atoms with Gasteiger partial charge in [0.1, 0.15) is 9.84 Å². The molecule has 120 valence electrons. The normalized spacial score (nSPS) is 28.9. The molecular weight excluding hydrogens is 274 g/mol. The van der Waals surface area contributed by atoms with Gasteiger partial charge in [-0.1, -0.05) is 27.2 Å². The number of likely N-dealkylation sites (N-methyl/N-ethyl adjacent to an activating group) is 1. The molecule has 1 aliphatic carbocycles. The van der Waals surface area contributed by atoms with Crippen LogP contribution in [0.25, 0.3) is 0 Å². The maximum absolute atomic E-state index is 11.3. The third-order valence-corrected chi connectivity index (χ3v) is 6.10. The Morgan fingerprint density at radius 2 is 1.90 bits per heavy atom. The van der Waals surface area contributed by atoms with Crippen LogP contribution in [-0.4, -0.2) is 56.2 Å². The van der Waals surface area contributed by atoms with Crippen LogP contribution >= 0.6 is 0 Å². The van der Waals surface area contributed by atoms with Gasteiger partial charge in [-0.25, -0.2) is 8.42 Å². The molecule has 0 aliphatic heterocycles. The molecule has 0 aromatic carbocycles. The van der Waals surface area contributed by atoms with Gasteiger partial charge in [-0.2, -0.15) is 0 Å². The maximum Gasteiger partial charge on any atom is 0.148 e. The second-order valence-electron chi connectivity index (χ2n) is 7.10. The zero-order chi connectivity index (χ0) is 15.6. The molecule has 1 saturated carbocycles. The van der Waals surface area contributed by atoms with E-state index in [2.05, 4.69) is 20.8 Å². The third-order valence-electron chi connectivity index (χ3n) is 5.18. The first-order chi connectivity index (χ1) is 9.07. The SMILES string of the molecule is CCC(C)(C)C1CCC(O)C(N(C)CCS(C)(=O)=O)C1. The van der Waals surface area contributed by atoms with E-state index in [9.17, 15) is 13.5 Å². The first-order valence-electron chi connectivity index (χ1n) is 7.63. The fourth-order valence-corrected chi connectivity index (χ4v) is 3.70. The van der Waals surface area contributed by atoms with E-state index in [4.69, 9.17) is 0 Å². The van der Waals surface area contributed by atoms with Crippen LogP contribution in [0.15, 0.2) is 0 Å². The van der Waals surface area contributed by atoms with Crippen molar-refractivity contribution in [3.05, 3.63) is 0 Å². The highest BCUT2D eigenvalue weighted by atomic mass is 32.2. The van der Waals surface area contributed by atoms with Crippen molar-refractivity contribution in [1.82, 2.24) is 4.90 Å². The average Bonchev–Trinajstić information content (AvgIpc) is 2.35.